The fourth-order valence-electron chi connectivity index (χ4n) is 3.70. The van der Waals surface area contributed by atoms with Crippen LogP contribution in [0.4, 0.5) is 10.1 Å². The van der Waals surface area contributed by atoms with E-state index in [0.29, 0.717) is 30.2 Å². The number of methoxy groups -OCH3 is 1. The van der Waals surface area contributed by atoms with Crippen LogP contribution < -0.4 is 14.8 Å². The van der Waals surface area contributed by atoms with Gasteiger partial charge in [-0.3, -0.25) is 4.79 Å². The molecule has 186 valence electrons. The molecule has 0 spiro atoms. The number of hydrogen-bond donors (Lipinski definition) is 1. The SMILES string of the molecule is COc1ccc(CCOc2nc(-c3cccs3)n(-c3cccc(NC(=O)c4cccc(F)c4)c3)n2)cc1. The Hall–Kier alpha value is -4.50. The molecular weight excluding hydrogens is 491 g/mol. The molecule has 7 nitrogen and oxygen atoms in total. The first-order chi connectivity index (χ1) is 18.1. The number of hydrogen-bond acceptors (Lipinski definition) is 6. The summed E-state index contributed by atoms with van der Waals surface area (Å²) in [6.45, 7) is 0.407. The molecule has 3 aromatic carbocycles. The first kappa shape index (κ1) is 24.2. The van der Waals surface area contributed by atoms with Gasteiger partial charge >= 0.3 is 6.01 Å². The van der Waals surface area contributed by atoms with Gasteiger partial charge in [0.15, 0.2) is 5.82 Å². The van der Waals surface area contributed by atoms with Gasteiger partial charge in [0, 0.05) is 17.7 Å². The highest BCUT2D eigenvalue weighted by molar-refractivity contribution is 7.13. The van der Waals surface area contributed by atoms with Crippen molar-refractivity contribution in [3.63, 3.8) is 0 Å². The van der Waals surface area contributed by atoms with Gasteiger partial charge in [-0.05, 0) is 65.5 Å². The molecule has 9 heteroatoms. The van der Waals surface area contributed by atoms with Crippen LogP contribution >= 0.6 is 11.3 Å². The van der Waals surface area contributed by atoms with Gasteiger partial charge in [-0.15, -0.1) is 16.4 Å². The Balaban J connectivity index is 1.35. The highest BCUT2D eigenvalue weighted by atomic mass is 32.1. The minimum atomic E-state index is -0.468. The summed E-state index contributed by atoms with van der Waals surface area (Å²) < 4.78 is 26.3. The maximum atomic E-state index is 13.5. The Morgan fingerprint density at radius 1 is 1.03 bits per heavy atom. The van der Waals surface area contributed by atoms with E-state index in [-0.39, 0.29) is 11.6 Å². The van der Waals surface area contributed by atoms with Gasteiger partial charge in [0.2, 0.25) is 0 Å². The van der Waals surface area contributed by atoms with Gasteiger partial charge in [-0.2, -0.15) is 4.98 Å². The predicted molar refractivity (Wildman–Crippen MR) is 141 cm³/mol. The number of rotatable bonds is 9. The fourth-order valence-corrected chi connectivity index (χ4v) is 4.40. The molecule has 0 atom stereocenters. The van der Waals surface area contributed by atoms with Gasteiger partial charge in [0.05, 0.1) is 24.3 Å². The van der Waals surface area contributed by atoms with Crippen LogP contribution in [-0.4, -0.2) is 34.4 Å². The maximum Gasteiger partial charge on any atom is 0.336 e. The van der Waals surface area contributed by atoms with E-state index in [9.17, 15) is 9.18 Å². The number of halogens is 1. The van der Waals surface area contributed by atoms with Crippen LogP contribution in [0, 0.1) is 5.82 Å². The van der Waals surface area contributed by atoms with Gasteiger partial charge in [0.25, 0.3) is 5.91 Å². The molecule has 0 saturated carbocycles. The summed E-state index contributed by atoms with van der Waals surface area (Å²) in [6, 6.07) is 24.7. The van der Waals surface area contributed by atoms with Crippen molar-refractivity contribution in [1.29, 1.82) is 0 Å². The largest absolute Gasteiger partial charge is 0.497 e. The van der Waals surface area contributed by atoms with E-state index in [1.165, 1.54) is 29.5 Å². The van der Waals surface area contributed by atoms with Crippen molar-refractivity contribution < 1.29 is 18.7 Å². The van der Waals surface area contributed by atoms with Gasteiger partial charge in [-0.25, -0.2) is 9.07 Å². The van der Waals surface area contributed by atoms with Crippen molar-refractivity contribution in [1.82, 2.24) is 14.8 Å². The first-order valence-corrected chi connectivity index (χ1v) is 12.4. The molecule has 0 unspecified atom stereocenters. The molecule has 37 heavy (non-hydrogen) atoms. The van der Waals surface area contributed by atoms with E-state index in [1.807, 2.05) is 47.8 Å². The molecule has 0 aliphatic rings. The number of carbonyl (C=O) groups excluding carboxylic acids is 1. The zero-order valence-electron chi connectivity index (χ0n) is 19.9. The Kier molecular flexibility index (Phi) is 7.23. The second-order valence-electron chi connectivity index (χ2n) is 8.07. The van der Waals surface area contributed by atoms with E-state index < -0.39 is 11.7 Å². The molecule has 1 N–H and O–H groups in total. The Bertz CT molecular complexity index is 1500. The first-order valence-electron chi connectivity index (χ1n) is 11.5. The van der Waals surface area contributed by atoms with Crippen LogP contribution in [0.2, 0.25) is 0 Å². The number of carbonyl (C=O) groups is 1. The predicted octanol–water partition coefficient (Wildman–Crippen LogP) is 6.02. The van der Waals surface area contributed by atoms with Crippen LogP contribution in [0.3, 0.4) is 0 Å². The second kappa shape index (κ2) is 11.0. The highest BCUT2D eigenvalue weighted by Crippen LogP contribution is 2.28. The van der Waals surface area contributed by atoms with E-state index >= 15 is 0 Å². The summed E-state index contributed by atoms with van der Waals surface area (Å²) in [5, 5.41) is 9.37. The summed E-state index contributed by atoms with van der Waals surface area (Å²) in [5.74, 6) is 0.559. The number of nitrogens with zero attached hydrogens (tertiary/aromatic N) is 3. The zero-order valence-corrected chi connectivity index (χ0v) is 20.7. The van der Waals surface area contributed by atoms with Crippen molar-refractivity contribution in [2.24, 2.45) is 0 Å². The van der Waals surface area contributed by atoms with Gasteiger partial charge in [-0.1, -0.05) is 30.3 Å². The lowest BCUT2D eigenvalue weighted by Crippen LogP contribution is -2.12. The van der Waals surface area contributed by atoms with E-state index in [1.54, 1.807) is 36.1 Å². The molecule has 1 amide bonds. The number of amides is 1. The Morgan fingerprint density at radius 2 is 1.86 bits per heavy atom. The molecule has 2 aromatic heterocycles. The molecule has 0 fully saturated rings. The van der Waals surface area contributed by atoms with E-state index in [0.717, 1.165) is 16.2 Å². The molecular formula is C28H23FN4O3S. The topological polar surface area (TPSA) is 78.3 Å². The van der Waals surface area contributed by atoms with Gasteiger partial charge < -0.3 is 14.8 Å². The second-order valence-corrected chi connectivity index (χ2v) is 9.02. The third-order valence-corrected chi connectivity index (χ3v) is 6.41. The molecule has 5 rings (SSSR count). The molecule has 0 radical (unpaired) electrons. The van der Waals surface area contributed by atoms with Crippen molar-refractivity contribution in [2.45, 2.75) is 6.42 Å². The van der Waals surface area contributed by atoms with Crippen LogP contribution in [0.5, 0.6) is 11.8 Å². The van der Waals surface area contributed by atoms with E-state index in [2.05, 4.69) is 15.4 Å². The number of aromatic nitrogens is 3. The third-order valence-electron chi connectivity index (χ3n) is 5.55. The van der Waals surface area contributed by atoms with Crippen LogP contribution in [-0.2, 0) is 6.42 Å². The quantitative estimate of drug-likeness (QED) is 0.260. The number of ether oxygens (including phenoxy) is 2. The lowest BCUT2D eigenvalue weighted by Gasteiger charge is -2.09. The molecule has 5 aromatic rings. The van der Waals surface area contributed by atoms with Crippen LogP contribution in [0.15, 0.2) is 90.3 Å². The number of thiophene rings is 1. The number of nitrogens with one attached hydrogen (secondary N) is 1. The lowest BCUT2D eigenvalue weighted by atomic mass is 10.1. The number of anilines is 1. The molecule has 0 bridgehead atoms. The van der Waals surface area contributed by atoms with Crippen molar-refractivity contribution in [3.8, 4) is 28.1 Å². The average Bonchev–Trinajstić information content (AvgIpc) is 3.60. The van der Waals surface area contributed by atoms with Crippen molar-refractivity contribution in [3.05, 3.63) is 107 Å². The third kappa shape index (κ3) is 5.84. The Morgan fingerprint density at radius 3 is 2.62 bits per heavy atom. The fraction of sp³-hybridized carbons (Fsp3) is 0.107. The normalized spacial score (nSPS) is 10.8. The lowest BCUT2D eigenvalue weighted by molar-refractivity contribution is 0.102. The molecule has 0 aliphatic heterocycles. The van der Waals surface area contributed by atoms with Crippen LogP contribution in [0.25, 0.3) is 16.4 Å². The monoisotopic (exact) mass is 514 g/mol. The summed E-state index contributed by atoms with van der Waals surface area (Å²) in [4.78, 5) is 18.2. The molecule has 2 heterocycles. The minimum Gasteiger partial charge on any atom is -0.497 e. The Labute approximate surface area is 217 Å². The van der Waals surface area contributed by atoms with Crippen molar-refractivity contribution >= 4 is 22.9 Å². The average molecular weight is 515 g/mol. The minimum absolute atomic E-state index is 0.234. The summed E-state index contributed by atoms with van der Waals surface area (Å²) >= 11 is 1.54. The summed E-state index contributed by atoms with van der Waals surface area (Å²) in [7, 11) is 1.64. The smallest absolute Gasteiger partial charge is 0.336 e. The van der Waals surface area contributed by atoms with E-state index in [4.69, 9.17) is 9.47 Å². The summed E-state index contributed by atoms with van der Waals surface area (Å²) in [5.41, 5.74) is 2.58. The standard InChI is InChI=1S/C28H23FN4O3S/c1-35-24-12-10-19(11-13-24)14-15-36-28-31-26(25-9-4-16-37-25)33(32-28)23-8-3-7-22(18-23)30-27(34)20-5-2-6-21(29)17-20/h2-13,16-18H,14-15H2,1H3,(H,30,34). The zero-order chi connectivity index (χ0) is 25.6. The van der Waals surface area contributed by atoms with Crippen molar-refractivity contribution in [2.75, 3.05) is 19.0 Å². The van der Waals surface area contributed by atoms with Gasteiger partial charge in [0.1, 0.15) is 11.6 Å². The summed E-state index contributed by atoms with van der Waals surface area (Å²) in [6.07, 6.45) is 0.689. The van der Waals surface area contributed by atoms with Crippen LogP contribution in [0.1, 0.15) is 15.9 Å². The maximum absolute atomic E-state index is 13.5. The highest BCUT2D eigenvalue weighted by Gasteiger charge is 2.16. The molecule has 0 saturated heterocycles. The number of benzene rings is 3. The molecule has 0 aliphatic carbocycles.